The van der Waals surface area contributed by atoms with Gasteiger partial charge in [0.15, 0.2) is 0 Å². The van der Waals surface area contributed by atoms with Crippen LogP contribution in [0.1, 0.15) is 6.42 Å². The predicted octanol–water partition coefficient (Wildman–Crippen LogP) is 0.730. The summed E-state index contributed by atoms with van der Waals surface area (Å²) in [6, 6.07) is 3.83. The maximum absolute atomic E-state index is 12.6. The van der Waals surface area contributed by atoms with Gasteiger partial charge in [-0.1, -0.05) is 12.2 Å². The number of non-ortho nitro benzene ring substituents is 1. The second-order valence-electron chi connectivity index (χ2n) is 5.95. The van der Waals surface area contributed by atoms with Gasteiger partial charge in [-0.2, -0.15) is 0 Å². The molecule has 2 bridgehead atoms. The van der Waals surface area contributed by atoms with Gasteiger partial charge in [0, 0.05) is 24.0 Å². The van der Waals surface area contributed by atoms with Crippen molar-refractivity contribution in [2.75, 3.05) is 12.4 Å². The zero-order valence-corrected chi connectivity index (χ0v) is 12.8. The van der Waals surface area contributed by atoms with Gasteiger partial charge >= 0.3 is 0 Å². The molecule has 2 aliphatic carbocycles. The molecule has 2 aliphatic rings. The molecule has 126 valence electrons. The Kier molecular flexibility index (Phi) is 3.96. The number of anilines is 1. The SMILES string of the molecule is COc1ccc([N+](=O)[O-])cc1NC(=O)[C@@H]1[C@@H](C(=O)[O-])[C@H]2C=C[C@@H]1C2. The number of carboxylic acid groups (broad SMARTS) is 1. The van der Waals surface area contributed by atoms with Crippen LogP contribution in [0.2, 0.25) is 0 Å². The Labute approximate surface area is 137 Å². The molecule has 0 saturated heterocycles. The molecule has 1 aromatic rings. The monoisotopic (exact) mass is 331 g/mol. The van der Waals surface area contributed by atoms with Gasteiger partial charge in [-0.25, -0.2) is 0 Å². The molecule has 4 atom stereocenters. The van der Waals surface area contributed by atoms with E-state index in [0.717, 1.165) is 0 Å². The van der Waals surface area contributed by atoms with Gasteiger partial charge in [-0.15, -0.1) is 0 Å². The number of nitro benzene ring substituents is 1. The molecule has 0 radical (unpaired) electrons. The van der Waals surface area contributed by atoms with E-state index in [0.29, 0.717) is 6.42 Å². The first-order chi connectivity index (χ1) is 11.4. The fraction of sp³-hybridized carbons (Fsp3) is 0.375. The molecular formula is C16H15N2O6-. The van der Waals surface area contributed by atoms with Gasteiger partial charge in [0.05, 0.1) is 23.6 Å². The fourth-order valence-electron chi connectivity index (χ4n) is 3.62. The molecule has 0 aromatic heterocycles. The number of nitrogens with one attached hydrogen (secondary N) is 1. The number of carbonyl (C=O) groups excluding carboxylic acids is 2. The van der Waals surface area contributed by atoms with Gasteiger partial charge in [-0.3, -0.25) is 14.9 Å². The van der Waals surface area contributed by atoms with Crippen molar-refractivity contribution in [3.8, 4) is 5.75 Å². The molecule has 0 aliphatic heterocycles. The third-order valence-electron chi connectivity index (χ3n) is 4.69. The number of benzene rings is 1. The highest BCUT2D eigenvalue weighted by molar-refractivity contribution is 5.97. The van der Waals surface area contributed by atoms with E-state index < -0.39 is 28.6 Å². The van der Waals surface area contributed by atoms with Crippen molar-refractivity contribution in [3.05, 3.63) is 40.5 Å². The van der Waals surface area contributed by atoms with Crippen LogP contribution in [-0.2, 0) is 9.59 Å². The summed E-state index contributed by atoms with van der Waals surface area (Å²) in [6.07, 6.45) is 4.25. The first-order valence-electron chi connectivity index (χ1n) is 7.45. The average molecular weight is 331 g/mol. The van der Waals surface area contributed by atoms with Crippen LogP contribution in [0.5, 0.6) is 5.75 Å². The molecule has 1 N–H and O–H groups in total. The molecule has 1 saturated carbocycles. The summed E-state index contributed by atoms with van der Waals surface area (Å²) in [5.41, 5.74) is -0.0593. The minimum absolute atomic E-state index is 0.139. The molecule has 3 rings (SSSR count). The van der Waals surface area contributed by atoms with Gasteiger partial charge < -0.3 is 20.0 Å². The Morgan fingerprint density at radius 3 is 2.50 bits per heavy atom. The number of nitro groups is 1. The minimum atomic E-state index is -1.25. The van der Waals surface area contributed by atoms with Crippen molar-refractivity contribution in [2.45, 2.75) is 6.42 Å². The van der Waals surface area contributed by atoms with Gasteiger partial charge in [0.2, 0.25) is 5.91 Å². The number of methoxy groups -OCH3 is 1. The van der Waals surface area contributed by atoms with Crippen molar-refractivity contribution >= 4 is 23.3 Å². The van der Waals surface area contributed by atoms with Crippen molar-refractivity contribution in [2.24, 2.45) is 23.7 Å². The number of ether oxygens (including phenoxy) is 1. The molecule has 8 nitrogen and oxygen atoms in total. The molecule has 1 amide bonds. The lowest BCUT2D eigenvalue weighted by molar-refractivity contribution is -0.384. The van der Waals surface area contributed by atoms with Crippen LogP contribution in [0.25, 0.3) is 0 Å². The summed E-state index contributed by atoms with van der Waals surface area (Å²) >= 11 is 0. The van der Waals surface area contributed by atoms with Crippen LogP contribution >= 0.6 is 0 Å². The number of rotatable bonds is 5. The summed E-state index contributed by atoms with van der Waals surface area (Å²) in [6.45, 7) is 0. The fourth-order valence-corrected chi connectivity index (χ4v) is 3.62. The largest absolute Gasteiger partial charge is 0.550 e. The van der Waals surface area contributed by atoms with Crippen LogP contribution in [0.3, 0.4) is 0 Å². The number of amides is 1. The standard InChI is InChI=1S/C16H16N2O6/c1-24-12-5-4-10(18(22)23)7-11(12)17-15(19)13-8-2-3-9(6-8)14(13)16(20)21/h2-5,7-9,13-14H,6H2,1H3,(H,17,19)(H,20,21)/p-1/t8-,9+,13+,14+/m1/s1. The number of nitrogens with zero attached hydrogens (tertiary/aromatic N) is 1. The lowest BCUT2D eigenvalue weighted by Crippen LogP contribution is -2.42. The number of hydrogen-bond acceptors (Lipinski definition) is 6. The number of carboxylic acids is 1. The average Bonchev–Trinajstić information content (AvgIpc) is 3.15. The maximum Gasteiger partial charge on any atom is 0.271 e. The molecule has 1 fully saturated rings. The van der Waals surface area contributed by atoms with E-state index in [2.05, 4.69) is 5.32 Å². The normalized spacial score (nSPS) is 27.0. The second kappa shape index (κ2) is 5.95. The topological polar surface area (TPSA) is 122 Å². The highest BCUT2D eigenvalue weighted by atomic mass is 16.6. The van der Waals surface area contributed by atoms with E-state index >= 15 is 0 Å². The molecular weight excluding hydrogens is 316 g/mol. The van der Waals surface area contributed by atoms with Crippen LogP contribution in [0, 0.1) is 33.8 Å². The van der Waals surface area contributed by atoms with Crippen molar-refractivity contribution in [1.82, 2.24) is 0 Å². The summed E-state index contributed by atoms with van der Waals surface area (Å²) in [5.74, 6) is -3.50. The van der Waals surface area contributed by atoms with Gasteiger partial charge in [-0.05, 0) is 24.3 Å². The predicted molar refractivity (Wildman–Crippen MR) is 81.0 cm³/mol. The quantitative estimate of drug-likeness (QED) is 0.482. The highest BCUT2D eigenvalue weighted by Crippen LogP contribution is 2.48. The van der Waals surface area contributed by atoms with E-state index in [9.17, 15) is 24.8 Å². The van der Waals surface area contributed by atoms with Crippen molar-refractivity contribution < 1.29 is 24.4 Å². The number of aliphatic carboxylic acids is 1. The lowest BCUT2D eigenvalue weighted by atomic mass is 9.82. The lowest BCUT2D eigenvalue weighted by Gasteiger charge is -2.28. The molecule has 24 heavy (non-hydrogen) atoms. The minimum Gasteiger partial charge on any atom is -0.550 e. The summed E-state index contributed by atoms with van der Waals surface area (Å²) in [4.78, 5) is 34.3. The first kappa shape index (κ1) is 16.0. The third-order valence-corrected chi connectivity index (χ3v) is 4.69. The maximum atomic E-state index is 12.6. The zero-order chi connectivity index (χ0) is 17.4. The Bertz CT molecular complexity index is 744. The van der Waals surface area contributed by atoms with E-state index in [-0.39, 0.29) is 29.0 Å². The Balaban J connectivity index is 1.87. The number of fused-ring (bicyclic) bond motifs is 2. The van der Waals surface area contributed by atoms with E-state index in [1.54, 1.807) is 0 Å². The molecule has 0 unspecified atom stereocenters. The van der Waals surface area contributed by atoms with Crippen molar-refractivity contribution in [1.29, 1.82) is 0 Å². The van der Waals surface area contributed by atoms with E-state index in [1.165, 1.54) is 25.3 Å². The Morgan fingerprint density at radius 2 is 1.92 bits per heavy atom. The molecule has 0 heterocycles. The third kappa shape index (κ3) is 2.60. The molecule has 1 aromatic carbocycles. The number of carbonyl (C=O) groups is 2. The second-order valence-corrected chi connectivity index (χ2v) is 5.95. The molecule has 0 spiro atoms. The van der Waals surface area contributed by atoms with Crippen LogP contribution in [0.15, 0.2) is 30.4 Å². The Hall–Kier alpha value is -2.90. The highest BCUT2D eigenvalue weighted by Gasteiger charge is 2.48. The van der Waals surface area contributed by atoms with E-state index in [4.69, 9.17) is 4.74 Å². The molecule has 8 heteroatoms. The summed E-state index contributed by atoms with van der Waals surface area (Å²) < 4.78 is 5.10. The van der Waals surface area contributed by atoms with Gasteiger partial charge in [0.25, 0.3) is 5.69 Å². The first-order valence-corrected chi connectivity index (χ1v) is 7.45. The summed E-state index contributed by atoms with van der Waals surface area (Å²) in [5, 5.41) is 24.9. The van der Waals surface area contributed by atoms with Crippen molar-refractivity contribution in [3.63, 3.8) is 0 Å². The van der Waals surface area contributed by atoms with Crippen LogP contribution in [-0.4, -0.2) is 23.9 Å². The van der Waals surface area contributed by atoms with Crippen LogP contribution in [0.4, 0.5) is 11.4 Å². The van der Waals surface area contributed by atoms with Crippen LogP contribution < -0.4 is 15.2 Å². The smallest absolute Gasteiger partial charge is 0.271 e. The number of hydrogen-bond donors (Lipinski definition) is 1. The van der Waals surface area contributed by atoms with E-state index in [1.807, 2.05) is 12.2 Å². The Morgan fingerprint density at radius 1 is 1.25 bits per heavy atom. The number of allylic oxidation sites excluding steroid dienone is 2. The zero-order valence-electron chi connectivity index (χ0n) is 12.8. The summed E-state index contributed by atoms with van der Waals surface area (Å²) in [7, 11) is 1.38. The van der Waals surface area contributed by atoms with Gasteiger partial charge in [0.1, 0.15) is 5.75 Å².